The van der Waals surface area contributed by atoms with Crippen molar-refractivity contribution in [1.82, 2.24) is 14.6 Å². The predicted octanol–water partition coefficient (Wildman–Crippen LogP) is 5.38. The summed E-state index contributed by atoms with van der Waals surface area (Å²) in [5.74, 6) is 0.604. The summed E-state index contributed by atoms with van der Waals surface area (Å²) in [6, 6.07) is 20.9. The van der Waals surface area contributed by atoms with Gasteiger partial charge in [0.1, 0.15) is 16.1 Å². The van der Waals surface area contributed by atoms with E-state index in [9.17, 15) is 14.0 Å². The molecule has 0 radical (unpaired) electrons. The monoisotopic (exact) mass is 554 g/mol. The minimum absolute atomic E-state index is 0.261. The van der Waals surface area contributed by atoms with E-state index < -0.39 is 0 Å². The van der Waals surface area contributed by atoms with Crippen molar-refractivity contribution in [3.05, 3.63) is 105 Å². The van der Waals surface area contributed by atoms with Crippen molar-refractivity contribution in [1.29, 1.82) is 0 Å². The summed E-state index contributed by atoms with van der Waals surface area (Å²) < 4.78 is 20.8. The van der Waals surface area contributed by atoms with Crippen LogP contribution in [0, 0.1) is 5.82 Å². The summed E-state index contributed by atoms with van der Waals surface area (Å²) in [6.07, 6.45) is 4.59. The number of fused-ring (bicyclic) bond motifs is 2. The Labute approximate surface area is 234 Å². The lowest BCUT2D eigenvalue weighted by Crippen LogP contribution is -2.32. The zero-order valence-electron chi connectivity index (χ0n) is 22.0. The van der Waals surface area contributed by atoms with Crippen LogP contribution in [0.3, 0.4) is 0 Å². The zero-order chi connectivity index (χ0) is 27.6. The summed E-state index contributed by atoms with van der Waals surface area (Å²) in [5.41, 5.74) is 2.90. The molecule has 1 aliphatic rings. The van der Waals surface area contributed by atoms with Crippen molar-refractivity contribution >= 4 is 33.5 Å². The van der Waals surface area contributed by atoms with Crippen molar-refractivity contribution in [2.75, 3.05) is 11.5 Å². The minimum Gasteiger partial charge on any atom is -0.494 e. The highest BCUT2D eigenvalue weighted by Gasteiger charge is 2.34. The molecule has 1 aliphatic heterocycles. The minimum atomic E-state index is -0.382. The quantitative estimate of drug-likeness (QED) is 0.229. The van der Waals surface area contributed by atoms with Crippen molar-refractivity contribution in [2.45, 2.75) is 39.2 Å². The van der Waals surface area contributed by atoms with Crippen molar-refractivity contribution < 1.29 is 13.9 Å². The highest BCUT2D eigenvalue weighted by Crippen LogP contribution is 2.36. The molecule has 0 saturated heterocycles. The molecular formula is C31H27FN4O3S. The Kier molecular flexibility index (Phi) is 7.13. The molecule has 0 aliphatic carbocycles. The molecule has 202 valence electrons. The third-order valence-electron chi connectivity index (χ3n) is 6.94. The van der Waals surface area contributed by atoms with Gasteiger partial charge in [0.25, 0.3) is 11.5 Å². The number of anilines is 1. The van der Waals surface area contributed by atoms with Crippen LogP contribution in [-0.4, -0.2) is 27.1 Å². The molecule has 2 aromatic heterocycles. The van der Waals surface area contributed by atoms with E-state index in [0.717, 1.165) is 41.1 Å². The molecule has 0 saturated carbocycles. The van der Waals surface area contributed by atoms with Crippen LogP contribution in [0.4, 0.5) is 10.1 Å². The van der Waals surface area contributed by atoms with Crippen LogP contribution < -0.4 is 19.7 Å². The molecular weight excluding hydrogens is 527 g/mol. The van der Waals surface area contributed by atoms with Crippen LogP contribution in [0.15, 0.2) is 77.6 Å². The molecule has 7 nitrogen and oxygen atoms in total. The third kappa shape index (κ3) is 4.88. The second-order valence-corrected chi connectivity index (χ2v) is 10.7. The fourth-order valence-corrected chi connectivity index (χ4v) is 5.85. The Morgan fingerprint density at radius 3 is 2.45 bits per heavy atom. The number of nitrogens with zero attached hydrogens (tertiary/aromatic N) is 4. The molecule has 40 heavy (non-hydrogen) atoms. The zero-order valence-corrected chi connectivity index (χ0v) is 22.8. The highest BCUT2D eigenvalue weighted by atomic mass is 32.1. The number of benzene rings is 3. The van der Waals surface area contributed by atoms with Crippen molar-refractivity contribution in [3.8, 4) is 17.1 Å². The number of para-hydroxylation sites is 1. The first-order valence-corrected chi connectivity index (χ1v) is 14.2. The molecule has 1 amide bonds. The van der Waals surface area contributed by atoms with E-state index in [1.165, 1.54) is 29.5 Å². The maximum absolute atomic E-state index is 13.7. The Morgan fingerprint density at radius 2 is 1.70 bits per heavy atom. The Balaban J connectivity index is 1.30. The predicted molar refractivity (Wildman–Crippen MR) is 154 cm³/mol. The van der Waals surface area contributed by atoms with Crippen LogP contribution >= 0.6 is 11.3 Å². The summed E-state index contributed by atoms with van der Waals surface area (Å²) in [5, 5.41) is 4.47. The summed E-state index contributed by atoms with van der Waals surface area (Å²) in [7, 11) is 0. The average Bonchev–Trinajstić information content (AvgIpc) is 3.61. The smallest absolute Gasteiger partial charge is 0.291 e. The van der Waals surface area contributed by atoms with Crippen LogP contribution in [0.25, 0.3) is 21.9 Å². The molecule has 3 heterocycles. The van der Waals surface area contributed by atoms with E-state index in [1.54, 1.807) is 17.0 Å². The lowest BCUT2D eigenvalue weighted by Gasteiger charge is -2.17. The van der Waals surface area contributed by atoms with Gasteiger partial charge in [0.15, 0.2) is 5.82 Å². The molecule has 0 atom stereocenters. The molecule has 0 bridgehead atoms. The lowest BCUT2D eigenvalue weighted by atomic mass is 10.1. The number of hydrogen-bond acceptors (Lipinski definition) is 6. The van der Waals surface area contributed by atoms with E-state index >= 15 is 0 Å². The van der Waals surface area contributed by atoms with E-state index in [0.29, 0.717) is 38.7 Å². The van der Waals surface area contributed by atoms with Crippen molar-refractivity contribution in [3.63, 3.8) is 0 Å². The molecule has 0 N–H and O–H groups in total. The van der Waals surface area contributed by atoms with Crippen LogP contribution in [0.2, 0.25) is 0 Å². The molecule has 0 spiro atoms. The SMILES string of the molecule is CCCCCCOc1ccc(-c2nc3sc(=C4C(=O)N(Cc5ccc(F)cc5)c5ccccc54)c(=O)n3n2)cc1. The summed E-state index contributed by atoms with van der Waals surface area (Å²) >= 11 is 1.15. The topological polar surface area (TPSA) is 76.8 Å². The summed E-state index contributed by atoms with van der Waals surface area (Å²) in [4.78, 5) is 33.8. The van der Waals surface area contributed by atoms with Gasteiger partial charge in [0.05, 0.1) is 24.4 Å². The molecule has 0 unspecified atom stereocenters. The number of carbonyl (C=O) groups is 1. The fraction of sp³-hybridized carbons (Fsp3) is 0.226. The first-order valence-electron chi connectivity index (χ1n) is 13.4. The molecule has 6 rings (SSSR count). The average molecular weight is 555 g/mol. The first-order chi connectivity index (χ1) is 19.5. The molecule has 9 heteroatoms. The lowest BCUT2D eigenvalue weighted by molar-refractivity contribution is -0.113. The van der Waals surface area contributed by atoms with E-state index in [1.807, 2.05) is 48.5 Å². The third-order valence-corrected chi connectivity index (χ3v) is 7.97. The number of aromatic nitrogens is 3. The van der Waals surface area contributed by atoms with Crippen LogP contribution in [0.1, 0.15) is 43.7 Å². The molecule has 3 aromatic carbocycles. The van der Waals surface area contributed by atoms with E-state index in [4.69, 9.17) is 4.74 Å². The largest absolute Gasteiger partial charge is 0.494 e. The Morgan fingerprint density at radius 1 is 0.925 bits per heavy atom. The number of ether oxygens (including phenoxy) is 1. The van der Waals surface area contributed by atoms with Gasteiger partial charge in [-0.15, -0.1) is 5.10 Å². The molecule has 5 aromatic rings. The maximum atomic E-state index is 13.7. The number of thiazole rings is 1. The van der Waals surface area contributed by atoms with Gasteiger partial charge >= 0.3 is 0 Å². The van der Waals surface area contributed by atoms with Gasteiger partial charge in [-0.3, -0.25) is 9.59 Å². The Bertz CT molecular complexity index is 1800. The van der Waals surface area contributed by atoms with Gasteiger partial charge in [-0.1, -0.05) is 67.9 Å². The number of halogens is 1. The van der Waals surface area contributed by atoms with Gasteiger partial charge in [-0.2, -0.15) is 9.50 Å². The van der Waals surface area contributed by atoms with Gasteiger partial charge in [0, 0.05) is 11.1 Å². The fourth-order valence-electron chi connectivity index (χ4n) is 4.86. The number of unbranched alkanes of at least 4 members (excludes halogenated alkanes) is 3. The van der Waals surface area contributed by atoms with Gasteiger partial charge in [-0.05, 0) is 54.4 Å². The second kappa shape index (κ2) is 11.0. The number of rotatable bonds is 9. The van der Waals surface area contributed by atoms with E-state index in [2.05, 4.69) is 17.0 Å². The summed E-state index contributed by atoms with van der Waals surface area (Å²) in [6.45, 7) is 3.13. The standard InChI is InChI=1S/C31H27FN4O3S/c1-2-3-4-7-18-39-23-16-12-21(13-17-23)28-33-31-36(34-28)30(38)27(40-31)26-24-8-5-6-9-25(24)35(29(26)37)19-20-10-14-22(32)15-11-20/h5-6,8-17H,2-4,7,18-19H2,1H3. The van der Waals surface area contributed by atoms with Crippen molar-refractivity contribution in [2.24, 2.45) is 0 Å². The number of hydrogen-bond donors (Lipinski definition) is 0. The number of amides is 1. The second-order valence-electron chi connectivity index (χ2n) is 9.71. The highest BCUT2D eigenvalue weighted by molar-refractivity contribution is 7.15. The van der Waals surface area contributed by atoms with Gasteiger partial charge in [0.2, 0.25) is 4.96 Å². The van der Waals surface area contributed by atoms with Crippen LogP contribution in [-0.2, 0) is 11.3 Å². The van der Waals surface area contributed by atoms with Crippen LogP contribution in [0.5, 0.6) is 5.75 Å². The molecule has 0 fully saturated rings. The van der Waals surface area contributed by atoms with Gasteiger partial charge < -0.3 is 9.64 Å². The Hall–Kier alpha value is -4.37. The number of carbonyl (C=O) groups excluding carboxylic acids is 1. The van der Waals surface area contributed by atoms with E-state index in [-0.39, 0.29) is 23.8 Å². The maximum Gasteiger partial charge on any atom is 0.291 e. The first kappa shape index (κ1) is 25.9. The normalized spacial score (nSPS) is 14.2. The van der Waals surface area contributed by atoms with Gasteiger partial charge in [-0.25, -0.2) is 4.39 Å².